The highest BCUT2D eigenvalue weighted by atomic mass is 16.5. The van der Waals surface area contributed by atoms with Crippen molar-refractivity contribution in [1.29, 1.82) is 0 Å². The van der Waals surface area contributed by atoms with E-state index in [1.807, 2.05) is 36.4 Å². The molecule has 2 amide bonds. The number of pyridine rings is 1. The van der Waals surface area contributed by atoms with E-state index in [4.69, 9.17) is 9.47 Å². The first kappa shape index (κ1) is 20.1. The summed E-state index contributed by atoms with van der Waals surface area (Å²) in [6, 6.07) is 12.8. The van der Waals surface area contributed by atoms with Crippen molar-refractivity contribution in [1.82, 2.24) is 10.3 Å². The minimum atomic E-state index is -0.248. The van der Waals surface area contributed by atoms with Crippen molar-refractivity contribution in [2.45, 2.75) is 45.3 Å². The Balaban J connectivity index is 1.37. The van der Waals surface area contributed by atoms with Gasteiger partial charge in [-0.1, -0.05) is 31.9 Å². The molecule has 0 bridgehead atoms. The Bertz CT molecular complexity index is 739. The summed E-state index contributed by atoms with van der Waals surface area (Å²) >= 11 is 0. The van der Waals surface area contributed by atoms with Crippen LogP contribution >= 0.6 is 0 Å². The number of nitrogens with zero attached hydrogens (tertiary/aromatic N) is 1. The van der Waals surface area contributed by atoms with Gasteiger partial charge in [-0.05, 0) is 43.0 Å². The number of anilines is 1. The minimum Gasteiger partial charge on any atom is -0.487 e. The fraction of sp³-hybridized carbons (Fsp3) is 0.455. The molecule has 6 heteroatoms. The summed E-state index contributed by atoms with van der Waals surface area (Å²) in [5.74, 6) is 1.29. The first-order chi connectivity index (χ1) is 13.7. The molecule has 1 aliphatic rings. The Morgan fingerprint density at radius 2 is 2.07 bits per heavy atom. The predicted octanol–water partition coefficient (Wildman–Crippen LogP) is 4.38. The average Bonchev–Trinajstić information content (AvgIpc) is 2.72. The third kappa shape index (κ3) is 6.53. The Hall–Kier alpha value is -2.60. The number of carbonyl (C=O) groups excluding carboxylic acids is 1. The van der Waals surface area contributed by atoms with Crippen LogP contribution in [-0.4, -0.2) is 30.3 Å². The maximum atomic E-state index is 12.1. The summed E-state index contributed by atoms with van der Waals surface area (Å²) in [6.45, 7) is 3.65. The van der Waals surface area contributed by atoms with E-state index in [1.54, 1.807) is 12.3 Å². The largest absolute Gasteiger partial charge is 0.487 e. The fourth-order valence-corrected chi connectivity index (χ4v) is 3.38. The van der Waals surface area contributed by atoms with Crippen molar-refractivity contribution < 1.29 is 14.3 Å². The maximum absolute atomic E-state index is 12.1. The summed E-state index contributed by atoms with van der Waals surface area (Å²) in [5, 5.41) is 5.66. The van der Waals surface area contributed by atoms with Crippen molar-refractivity contribution in [2.75, 3.05) is 18.5 Å². The molecular formula is C22H29N3O3. The number of urea groups is 1. The molecule has 2 aromatic rings. The van der Waals surface area contributed by atoms with Gasteiger partial charge in [0.15, 0.2) is 0 Å². The maximum Gasteiger partial charge on any atom is 0.319 e. The summed E-state index contributed by atoms with van der Waals surface area (Å²) in [4.78, 5) is 16.3. The molecule has 2 atom stereocenters. The van der Waals surface area contributed by atoms with Crippen LogP contribution in [0.2, 0.25) is 0 Å². The Morgan fingerprint density at radius 3 is 2.89 bits per heavy atom. The zero-order valence-electron chi connectivity index (χ0n) is 16.4. The van der Waals surface area contributed by atoms with Crippen LogP contribution in [0.5, 0.6) is 5.75 Å². The third-order valence-corrected chi connectivity index (χ3v) is 4.96. The second kappa shape index (κ2) is 10.7. The van der Waals surface area contributed by atoms with Gasteiger partial charge < -0.3 is 20.1 Å². The van der Waals surface area contributed by atoms with Gasteiger partial charge in [-0.3, -0.25) is 4.98 Å². The van der Waals surface area contributed by atoms with E-state index in [2.05, 4.69) is 22.5 Å². The molecular weight excluding hydrogens is 354 g/mol. The summed E-state index contributed by atoms with van der Waals surface area (Å²) in [5.41, 5.74) is 1.53. The molecule has 1 aliphatic carbocycles. The van der Waals surface area contributed by atoms with Crippen LogP contribution < -0.4 is 15.4 Å². The van der Waals surface area contributed by atoms with E-state index in [0.29, 0.717) is 43.2 Å². The molecule has 3 rings (SSSR count). The second-order valence-corrected chi connectivity index (χ2v) is 7.19. The van der Waals surface area contributed by atoms with Gasteiger partial charge in [0.25, 0.3) is 0 Å². The zero-order chi connectivity index (χ0) is 19.6. The number of ether oxygens (including phenoxy) is 2. The molecule has 150 valence electrons. The first-order valence-corrected chi connectivity index (χ1v) is 10.00. The van der Waals surface area contributed by atoms with Crippen molar-refractivity contribution >= 4 is 11.7 Å². The predicted molar refractivity (Wildman–Crippen MR) is 109 cm³/mol. The van der Waals surface area contributed by atoms with Gasteiger partial charge in [0, 0.05) is 24.5 Å². The Labute approximate surface area is 166 Å². The molecule has 2 N–H and O–H groups in total. The molecule has 1 fully saturated rings. The van der Waals surface area contributed by atoms with Gasteiger partial charge in [0.1, 0.15) is 12.4 Å². The quantitative estimate of drug-likeness (QED) is 0.664. The molecule has 28 heavy (non-hydrogen) atoms. The van der Waals surface area contributed by atoms with E-state index in [-0.39, 0.29) is 6.03 Å². The smallest absolute Gasteiger partial charge is 0.319 e. The molecule has 0 saturated heterocycles. The lowest BCUT2D eigenvalue weighted by atomic mass is 9.88. The molecule has 0 radical (unpaired) electrons. The minimum absolute atomic E-state index is 0.248. The summed E-state index contributed by atoms with van der Waals surface area (Å²) in [6.07, 6.45) is 6.95. The number of hydrogen-bond acceptors (Lipinski definition) is 4. The Kier molecular flexibility index (Phi) is 7.67. The third-order valence-electron chi connectivity index (χ3n) is 4.96. The topological polar surface area (TPSA) is 72.5 Å². The Morgan fingerprint density at radius 1 is 1.18 bits per heavy atom. The number of rotatable bonds is 8. The van der Waals surface area contributed by atoms with Crippen LogP contribution in [0.3, 0.4) is 0 Å². The normalized spacial score (nSPS) is 19.0. The standard InChI is InChI=1S/C22H29N3O3/c1-17-7-2-3-11-21(17)27-14-13-24-22(26)25-18-9-6-10-20(15-18)28-16-19-8-4-5-12-23-19/h4-6,8-10,12,15,17,21H,2-3,7,11,13-14,16H2,1H3,(H2,24,25,26)/t17-,21+/m0/s1. The van der Waals surface area contributed by atoms with Crippen molar-refractivity contribution in [3.8, 4) is 5.75 Å². The monoisotopic (exact) mass is 383 g/mol. The van der Waals surface area contributed by atoms with Gasteiger partial charge in [0.2, 0.25) is 0 Å². The lowest BCUT2D eigenvalue weighted by Crippen LogP contribution is -2.34. The van der Waals surface area contributed by atoms with Gasteiger partial charge >= 0.3 is 6.03 Å². The van der Waals surface area contributed by atoms with Crippen molar-refractivity contribution in [2.24, 2.45) is 5.92 Å². The van der Waals surface area contributed by atoms with Gasteiger partial charge in [0.05, 0.1) is 18.4 Å². The molecule has 1 aromatic carbocycles. The van der Waals surface area contributed by atoms with Crippen LogP contribution in [0.15, 0.2) is 48.7 Å². The van der Waals surface area contributed by atoms with Crippen LogP contribution in [0.25, 0.3) is 0 Å². The van der Waals surface area contributed by atoms with Crippen LogP contribution in [-0.2, 0) is 11.3 Å². The van der Waals surface area contributed by atoms with E-state index in [1.165, 1.54) is 19.3 Å². The zero-order valence-corrected chi connectivity index (χ0v) is 16.4. The molecule has 1 aromatic heterocycles. The molecule has 1 saturated carbocycles. The lowest BCUT2D eigenvalue weighted by molar-refractivity contribution is -0.00232. The number of carbonyl (C=O) groups is 1. The highest BCUT2D eigenvalue weighted by Crippen LogP contribution is 2.26. The molecule has 1 heterocycles. The van der Waals surface area contributed by atoms with Gasteiger partial charge in [-0.2, -0.15) is 0 Å². The lowest BCUT2D eigenvalue weighted by Gasteiger charge is -2.28. The second-order valence-electron chi connectivity index (χ2n) is 7.19. The number of amides is 2. The fourth-order valence-electron chi connectivity index (χ4n) is 3.38. The van der Waals surface area contributed by atoms with E-state index in [9.17, 15) is 4.79 Å². The number of nitrogens with one attached hydrogen (secondary N) is 2. The number of hydrogen-bond donors (Lipinski definition) is 2. The number of aromatic nitrogens is 1. The summed E-state index contributed by atoms with van der Waals surface area (Å²) in [7, 11) is 0. The van der Waals surface area contributed by atoms with E-state index in [0.717, 1.165) is 12.1 Å². The van der Waals surface area contributed by atoms with Crippen LogP contribution in [0.4, 0.5) is 10.5 Å². The average molecular weight is 383 g/mol. The van der Waals surface area contributed by atoms with Crippen LogP contribution in [0, 0.1) is 5.92 Å². The van der Waals surface area contributed by atoms with Crippen molar-refractivity contribution in [3.05, 3.63) is 54.4 Å². The van der Waals surface area contributed by atoms with E-state index < -0.39 is 0 Å². The van der Waals surface area contributed by atoms with Crippen LogP contribution in [0.1, 0.15) is 38.3 Å². The molecule has 6 nitrogen and oxygen atoms in total. The van der Waals surface area contributed by atoms with Gasteiger partial charge in [-0.15, -0.1) is 0 Å². The highest BCUT2D eigenvalue weighted by Gasteiger charge is 2.21. The number of benzene rings is 1. The van der Waals surface area contributed by atoms with E-state index >= 15 is 0 Å². The first-order valence-electron chi connectivity index (χ1n) is 10.00. The molecule has 0 unspecified atom stereocenters. The molecule has 0 aliphatic heterocycles. The molecule has 0 spiro atoms. The van der Waals surface area contributed by atoms with Gasteiger partial charge in [-0.25, -0.2) is 4.79 Å². The van der Waals surface area contributed by atoms with Crippen molar-refractivity contribution in [3.63, 3.8) is 0 Å². The summed E-state index contributed by atoms with van der Waals surface area (Å²) < 4.78 is 11.7. The highest BCUT2D eigenvalue weighted by molar-refractivity contribution is 5.89. The SMILES string of the molecule is C[C@H]1CCCC[C@H]1OCCNC(=O)Nc1cccc(OCc2ccccn2)c1.